The summed E-state index contributed by atoms with van der Waals surface area (Å²) in [5.74, 6) is -0.183. The molecular formula is C21H35N3O2. The molecule has 1 aromatic rings. The highest BCUT2D eigenvalue weighted by Crippen LogP contribution is 2.08. The number of ether oxygens (including phenoxy) is 1. The van der Waals surface area contributed by atoms with Crippen LogP contribution >= 0.6 is 0 Å². The third-order valence-electron chi connectivity index (χ3n) is 4.29. The van der Waals surface area contributed by atoms with Gasteiger partial charge in [0.1, 0.15) is 0 Å². The number of hydrogen-bond acceptors (Lipinski definition) is 4. The predicted molar refractivity (Wildman–Crippen MR) is 109 cm³/mol. The molecule has 5 heteroatoms. The fourth-order valence-electron chi connectivity index (χ4n) is 2.72. The molecule has 0 aromatic heterocycles. The van der Waals surface area contributed by atoms with Crippen molar-refractivity contribution in [2.24, 2.45) is 4.99 Å². The van der Waals surface area contributed by atoms with Crippen molar-refractivity contribution in [2.45, 2.75) is 66.5 Å². The van der Waals surface area contributed by atoms with Crippen LogP contribution in [0.1, 0.15) is 63.4 Å². The Kier molecular flexibility index (Phi) is 9.96. The Morgan fingerprint density at radius 1 is 1.19 bits per heavy atom. The second-order valence-electron chi connectivity index (χ2n) is 6.89. The Hall–Kier alpha value is -1.88. The zero-order valence-corrected chi connectivity index (χ0v) is 17.2. The van der Waals surface area contributed by atoms with E-state index in [-0.39, 0.29) is 18.1 Å². The molecule has 26 heavy (non-hydrogen) atoms. The van der Waals surface area contributed by atoms with E-state index < -0.39 is 0 Å². The summed E-state index contributed by atoms with van der Waals surface area (Å²) in [6.45, 7) is 15.4. The van der Waals surface area contributed by atoms with Gasteiger partial charge in [0.2, 0.25) is 0 Å². The van der Waals surface area contributed by atoms with Crippen molar-refractivity contribution in [1.29, 1.82) is 0 Å². The molecule has 1 amide bonds. The SMILES string of the molecule is CCN(CC)CCC[C@@H](C)N=C(NC(=O)c1ccccc1C)OC(C)C. The largest absolute Gasteiger partial charge is 0.462 e. The number of amides is 1. The molecular weight excluding hydrogens is 326 g/mol. The van der Waals surface area contributed by atoms with Crippen LogP contribution in [0.5, 0.6) is 0 Å². The fourth-order valence-corrected chi connectivity index (χ4v) is 2.72. The van der Waals surface area contributed by atoms with Crippen LogP contribution in [0.4, 0.5) is 0 Å². The lowest BCUT2D eigenvalue weighted by Crippen LogP contribution is -2.35. The molecule has 0 aliphatic rings. The molecule has 146 valence electrons. The second kappa shape index (κ2) is 11.7. The van der Waals surface area contributed by atoms with Crippen LogP contribution in [0.2, 0.25) is 0 Å². The number of nitrogens with one attached hydrogen (secondary N) is 1. The summed E-state index contributed by atoms with van der Waals surface area (Å²) in [7, 11) is 0. The van der Waals surface area contributed by atoms with Crippen molar-refractivity contribution in [1.82, 2.24) is 10.2 Å². The summed E-state index contributed by atoms with van der Waals surface area (Å²) in [5.41, 5.74) is 1.57. The molecule has 0 spiro atoms. The maximum Gasteiger partial charge on any atom is 0.292 e. The van der Waals surface area contributed by atoms with Gasteiger partial charge in [-0.15, -0.1) is 0 Å². The number of carbonyl (C=O) groups excluding carboxylic acids is 1. The average Bonchev–Trinajstić information content (AvgIpc) is 2.58. The van der Waals surface area contributed by atoms with Crippen molar-refractivity contribution in [3.05, 3.63) is 35.4 Å². The van der Waals surface area contributed by atoms with Gasteiger partial charge in [-0.2, -0.15) is 0 Å². The van der Waals surface area contributed by atoms with Crippen LogP contribution < -0.4 is 5.32 Å². The number of amidine groups is 1. The van der Waals surface area contributed by atoms with Crippen LogP contribution in [0, 0.1) is 6.92 Å². The van der Waals surface area contributed by atoms with Crippen molar-refractivity contribution >= 4 is 11.9 Å². The van der Waals surface area contributed by atoms with Crippen LogP contribution in [-0.4, -0.2) is 48.6 Å². The maximum absolute atomic E-state index is 12.5. The summed E-state index contributed by atoms with van der Waals surface area (Å²) in [4.78, 5) is 19.6. The molecule has 0 unspecified atom stereocenters. The molecule has 0 aliphatic carbocycles. The van der Waals surface area contributed by atoms with E-state index in [1.165, 1.54) is 0 Å². The molecule has 0 aliphatic heterocycles. The van der Waals surface area contributed by atoms with E-state index in [0.29, 0.717) is 11.6 Å². The summed E-state index contributed by atoms with van der Waals surface area (Å²) in [6, 6.07) is 7.91. The number of nitrogens with zero attached hydrogens (tertiary/aromatic N) is 2. The van der Waals surface area contributed by atoms with Crippen LogP contribution in [0.25, 0.3) is 0 Å². The number of aryl methyl sites for hydroxylation is 1. The first-order chi connectivity index (χ1) is 12.4. The van der Waals surface area contributed by atoms with E-state index in [1.54, 1.807) is 0 Å². The topological polar surface area (TPSA) is 53.9 Å². The van der Waals surface area contributed by atoms with Gasteiger partial charge in [0.25, 0.3) is 11.9 Å². The molecule has 0 fully saturated rings. The molecule has 0 radical (unpaired) electrons. The highest BCUT2D eigenvalue weighted by molar-refractivity contribution is 6.05. The van der Waals surface area contributed by atoms with Gasteiger partial charge in [0.05, 0.1) is 12.1 Å². The molecule has 1 N–H and O–H groups in total. The molecule has 1 aromatic carbocycles. The number of hydrogen-bond donors (Lipinski definition) is 1. The lowest BCUT2D eigenvalue weighted by atomic mass is 10.1. The highest BCUT2D eigenvalue weighted by atomic mass is 16.5. The molecule has 0 bridgehead atoms. The first-order valence-corrected chi connectivity index (χ1v) is 9.71. The summed E-state index contributed by atoms with van der Waals surface area (Å²) in [5, 5.41) is 2.84. The van der Waals surface area contributed by atoms with Gasteiger partial charge in [0.15, 0.2) is 0 Å². The smallest absolute Gasteiger partial charge is 0.292 e. The van der Waals surface area contributed by atoms with Crippen molar-refractivity contribution in [3.8, 4) is 0 Å². The van der Waals surface area contributed by atoms with Gasteiger partial charge in [0, 0.05) is 5.56 Å². The van der Waals surface area contributed by atoms with Crippen LogP contribution in [0.15, 0.2) is 29.3 Å². The fraction of sp³-hybridized carbons (Fsp3) is 0.619. The van der Waals surface area contributed by atoms with Gasteiger partial charge in [-0.1, -0.05) is 32.0 Å². The van der Waals surface area contributed by atoms with E-state index in [4.69, 9.17) is 4.74 Å². The molecule has 0 saturated carbocycles. The van der Waals surface area contributed by atoms with Crippen LogP contribution in [0.3, 0.4) is 0 Å². The van der Waals surface area contributed by atoms with E-state index in [9.17, 15) is 4.79 Å². The number of rotatable bonds is 9. The van der Waals surface area contributed by atoms with E-state index >= 15 is 0 Å². The van der Waals surface area contributed by atoms with Gasteiger partial charge < -0.3 is 9.64 Å². The van der Waals surface area contributed by atoms with Gasteiger partial charge in [-0.3, -0.25) is 10.1 Å². The molecule has 5 nitrogen and oxygen atoms in total. The first-order valence-electron chi connectivity index (χ1n) is 9.71. The van der Waals surface area contributed by atoms with Gasteiger partial charge >= 0.3 is 0 Å². The highest BCUT2D eigenvalue weighted by Gasteiger charge is 2.14. The average molecular weight is 362 g/mol. The molecule has 1 rings (SSSR count). The minimum atomic E-state index is -0.183. The summed E-state index contributed by atoms with van der Waals surface area (Å²) >= 11 is 0. The minimum absolute atomic E-state index is 0.0474. The number of benzene rings is 1. The predicted octanol–water partition coefficient (Wildman–Crippen LogP) is 4.02. The second-order valence-corrected chi connectivity index (χ2v) is 6.89. The third kappa shape index (κ3) is 8.00. The Morgan fingerprint density at radius 3 is 2.42 bits per heavy atom. The Bertz CT molecular complexity index is 580. The molecule has 0 heterocycles. The number of carbonyl (C=O) groups is 1. The standard InChI is InChI=1S/C21H35N3O2/c1-7-24(8-2)15-11-13-18(6)22-21(26-16(3)4)23-20(25)19-14-10-9-12-17(19)5/h9-10,12,14,16,18H,7-8,11,13,15H2,1-6H3,(H,22,23,25)/t18-/m1/s1. The van der Waals surface area contributed by atoms with Crippen LogP contribution in [-0.2, 0) is 4.74 Å². The zero-order valence-electron chi connectivity index (χ0n) is 17.2. The quantitative estimate of drug-likeness (QED) is 0.534. The van der Waals surface area contributed by atoms with E-state index in [2.05, 4.69) is 36.0 Å². The Morgan fingerprint density at radius 2 is 1.85 bits per heavy atom. The van der Waals surface area contributed by atoms with Crippen molar-refractivity contribution < 1.29 is 9.53 Å². The van der Waals surface area contributed by atoms with Crippen molar-refractivity contribution in [2.75, 3.05) is 19.6 Å². The Labute approximate surface area is 158 Å². The minimum Gasteiger partial charge on any atom is -0.462 e. The zero-order chi connectivity index (χ0) is 19.5. The number of aliphatic imine (C=N–C) groups is 1. The normalized spacial score (nSPS) is 13.2. The lowest BCUT2D eigenvalue weighted by molar-refractivity contribution is 0.0959. The van der Waals surface area contributed by atoms with E-state index in [0.717, 1.165) is 38.0 Å². The van der Waals surface area contributed by atoms with Gasteiger partial charge in [-0.05, 0) is 71.8 Å². The van der Waals surface area contributed by atoms with E-state index in [1.807, 2.05) is 45.0 Å². The lowest BCUT2D eigenvalue weighted by Gasteiger charge is -2.19. The van der Waals surface area contributed by atoms with Crippen molar-refractivity contribution in [3.63, 3.8) is 0 Å². The summed E-state index contributed by atoms with van der Waals surface area (Å²) < 4.78 is 5.73. The molecule has 0 saturated heterocycles. The molecule has 1 atom stereocenters. The summed E-state index contributed by atoms with van der Waals surface area (Å²) in [6.07, 6.45) is 1.99. The maximum atomic E-state index is 12.5. The third-order valence-corrected chi connectivity index (χ3v) is 4.29. The first kappa shape index (κ1) is 22.2. The Balaban J connectivity index is 2.71. The monoisotopic (exact) mass is 361 g/mol. The van der Waals surface area contributed by atoms with Gasteiger partial charge in [-0.25, -0.2) is 4.99 Å².